The molecule has 0 unspecified atom stereocenters. The van der Waals surface area contributed by atoms with Crippen LogP contribution in [0.3, 0.4) is 0 Å². The van der Waals surface area contributed by atoms with Crippen molar-refractivity contribution in [2.75, 3.05) is 18.5 Å². The van der Waals surface area contributed by atoms with Crippen LogP contribution in [0.1, 0.15) is 23.2 Å². The topological polar surface area (TPSA) is 67.4 Å². The van der Waals surface area contributed by atoms with Crippen molar-refractivity contribution in [1.82, 2.24) is 5.32 Å². The Morgan fingerprint density at radius 3 is 2.56 bits per heavy atom. The van der Waals surface area contributed by atoms with Gasteiger partial charge in [-0.05, 0) is 55.3 Å². The fourth-order valence-corrected chi connectivity index (χ4v) is 2.67. The monoisotopic (exact) mass is 402 g/mol. The lowest BCUT2D eigenvalue weighted by Gasteiger charge is -2.09. The molecular weight excluding hydrogens is 384 g/mol. The van der Waals surface area contributed by atoms with Gasteiger partial charge in [0.2, 0.25) is 5.91 Å². The Kier molecular flexibility index (Phi) is 5.71. The minimum Gasteiger partial charge on any atom is -0.492 e. The molecule has 130 valence electrons. The number of amides is 2. The highest BCUT2D eigenvalue weighted by molar-refractivity contribution is 9.10. The third-order valence-corrected chi connectivity index (χ3v) is 4.31. The normalized spacial score (nSPS) is 13.2. The third kappa shape index (κ3) is 5.32. The Morgan fingerprint density at radius 2 is 1.88 bits per heavy atom. The molecule has 0 saturated heterocycles. The maximum atomic E-state index is 12.1. The lowest BCUT2D eigenvalue weighted by molar-refractivity contribution is -0.117. The molecule has 1 saturated carbocycles. The summed E-state index contributed by atoms with van der Waals surface area (Å²) in [6.07, 6.45) is 1.93. The van der Waals surface area contributed by atoms with E-state index in [-0.39, 0.29) is 17.7 Å². The van der Waals surface area contributed by atoms with Crippen molar-refractivity contribution in [3.8, 4) is 5.75 Å². The molecule has 25 heavy (non-hydrogen) atoms. The Bertz CT molecular complexity index is 758. The van der Waals surface area contributed by atoms with Crippen LogP contribution in [0.15, 0.2) is 53.0 Å². The summed E-state index contributed by atoms with van der Waals surface area (Å²) in [4.78, 5) is 23.8. The van der Waals surface area contributed by atoms with Gasteiger partial charge in [0.1, 0.15) is 12.4 Å². The first kappa shape index (κ1) is 17.5. The molecule has 2 aromatic carbocycles. The number of ether oxygens (including phenoxy) is 1. The molecule has 0 heterocycles. The van der Waals surface area contributed by atoms with E-state index in [0.717, 1.165) is 23.1 Å². The standard InChI is InChI=1S/C19H19BrN2O3/c20-15-2-1-3-17(12-15)25-11-10-21-18(23)13-6-8-16(9-7-13)22-19(24)14-4-5-14/h1-3,6-9,12,14H,4-5,10-11H2,(H,21,23)(H,22,24). The lowest BCUT2D eigenvalue weighted by atomic mass is 10.2. The third-order valence-electron chi connectivity index (χ3n) is 3.82. The van der Waals surface area contributed by atoms with Gasteiger partial charge in [-0.1, -0.05) is 22.0 Å². The largest absolute Gasteiger partial charge is 0.492 e. The zero-order chi connectivity index (χ0) is 17.6. The Morgan fingerprint density at radius 1 is 1.12 bits per heavy atom. The summed E-state index contributed by atoms with van der Waals surface area (Å²) in [5, 5.41) is 5.66. The second-order valence-corrected chi connectivity index (χ2v) is 6.82. The Balaban J connectivity index is 1.42. The summed E-state index contributed by atoms with van der Waals surface area (Å²) < 4.78 is 6.52. The first-order chi connectivity index (χ1) is 12.1. The number of hydrogen-bond acceptors (Lipinski definition) is 3. The summed E-state index contributed by atoms with van der Waals surface area (Å²) >= 11 is 3.38. The van der Waals surface area contributed by atoms with Crippen molar-refractivity contribution >= 4 is 33.4 Å². The predicted molar refractivity (Wildman–Crippen MR) is 99.8 cm³/mol. The van der Waals surface area contributed by atoms with E-state index in [4.69, 9.17) is 4.74 Å². The van der Waals surface area contributed by atoms with Gasteiger partial charge in [0.05, 0.1) is 6.54 Å². The number of nitrogens with one attached hydrogen (secondary N) is 2. The van der Waals surface area contributed by atoms with Gasteiger partial charge >= 0.3 is 0 Å². The van der Waals surface area contributed by atoms with Crippen LogP contribution in [0.5, 0.6) is 5.75 Å². The SMILES string of the molecule is O=C(NCCOc1cccc(Br)c1)c1ccc(NC(=O)C2CC2)cc1. The Labute approximate surface area is 154 Å². The highest BCUT2D eigenvalue weighted by Crippen LogP contribution is 2.30. The first-order valence-electron chi connectivity index (χ1n) is 8.19. The van der Waals surface area contributed by atoms with Crippen LogP contribution in [-0.2, 0) is 4.79 Å². The second-order valence-electron chi connectivity index (χ2n) is 5.90. The number of hydrogen-bond donors (Lipinski definition) is 2. The minimum atomic E-state index is -0.169. The van der Waals surface area contributed by atoms with Crippen molar-refractivity contribution < 1.29 is 14.3 Å². The number of benzene rings is 2. The molecule has 2 amide bonds. The second kappa shape index (κ2) is 8.16. The maximum Gasteiger partial charge on any atom is 0.251 e. The molecule has 6 heteroatoms. The molecule has 0 aliphatic heterocycles. The quantitative estimate of drug-likeness (QED) is 0.695. The van der Waals surface area contributed by atoms with Gasteiger partial charge in [-0.25, -0.2) is 0 Å². The fraction of sp³-hybridized carbons (Fsp3) is 0.263. The predicted octanol–water partition coefficient (Wildman–Crippen LogP) is 3.61. The number of halogens is 1. The highest BCUT2D eigenvalue weighted by atomic mass is 79.9. The molecule has 0 spiro atoms. The minimum absolute atomic E-state index is 0.0573. The summed E-state index contributed by atoms with van der Waals surface area (Å²) in [7, 11) is 0. The number of anilines is 1. The zero-order valence-corrected chi connectivity index (χ0v) is 15.2. The molecule has 2 N–H and O–H groups in total. The average Bonchev–Trinajstić information content (AvgIpc) is 3.44. The smallest absolute Gasteiger partial charge is 0.251 e. The van der Waals surface area contributed by atoms with Crippen LogP contribution >= 0.6 is 15.9 Å². The van der Waals surface area contributed by atoms with Crippen LogP contribution < -0.4 is 15.4 Å². The summed E-state index contributed by atoms with van der Waals surface area (Å²) in [5.74, 6) is 0.799. The number of rotatable bonds is 7. The first-order valence-corrected chi connectivity index (χ1v) is 8.98. The molecule has 5 nitrogen and oxygen atoms in total. The summed E-state index contributed by atoms with van der Waals surface area (Å²) in [5.41, 5.74) is 1.26. The van der Waals surface area contributed by atoms with Crippen LogP contribution in [0, 0.1) is 5.92 Å². The van der Waals surface area contributed by atoms with E-state index >= 15 is 0 Å². The van der Waals surface area contributed by atoms with Crippen LogP contribution in [0.4, 0.5) is 5.69 Å². The number of carbonyl (C=O) groups excluding carboxylic acids is 2. The van der Waals surface area contributed by atoms with Crippen molar-refractivity contribution in [2.45, 2.75) is 12.8 Å². The maximum absolute atomic E-state index is 12.1. The van der Waals surface area contributed by atoms with Gasteiger partial charge in [-0.15, -0.1) is 0 Å². The Hall–Kier alpha value is -2.34. The van der Waals surface area contributed by atoms with Crippen LogP contribution in [0.2, 0.25) is 0 Å². The lowest BCUT2D eigenvalue weighted by Crippen LogP contribution is -2.28. The average molecular weight is 403 g/mol. The molecule has 2 aromatic rings. The van der Waals surface area contributed by atoms with Crippen LogP contribution in [-0.4, -0.2) is 25.0 Å². The van der Waals surface area contributed by atoms with E-state index in [1.54, 1.807) is 24.3 Å². The highest BCUT2D eigenvalue weighted by Gasteiger charge is 2.29. The van der Waals surface area contributed by atoms with Gasteiger partial charge < -0.3 is 15.4 Å². The van der Waals surface area contributed by atoms with Crippen LogP contribution in [0.25, 0.3) is 0 Å². The molecule has 1 fully saturated rings. The van der Waals surface area contributed by atoms with Crippen molar-refractivity contribution in [3.05, 3.63) is 58.6 Å². The van der Waals surface area contributed by atoms with Gasteiger partial charge in [0.25, 0.3) is 5.91 Å². The van der Waals surface area contributed by atoms with Gasteiger partial charge in [0, 0.05) is 21.6 Å². The molecule has 1 aliphatic carbocycles. The fourth-order valence-electron chi connectivity index (χ4n) is 2.29. The number of carbonyl (C=O) groups is 2. The van der Waals surface area contributed by atoms with E-state index in [1.165, 1.54) is 0 Å². The van der Waals surface area contributed by atoms with Gasteiger partial charge in [-0.2, -0.15) is 0 Å². The van der Waals surface area contributed by atoms with Crippen molar-refractivity contribution in [1.29, 1.82) is 0 Å². The molecular formula is C19H19BrN2O3. The molecule has 0 aromatic heterocycles. The van der Waals surface area contributed by atoms with E-state index in [1.807, 2.05) is 24.3 Å². The molecule has 1 aliphatic rings. The van der Waals surface area contributed by atoms with Gasteiger partial charge in [0.15, 0.2) is 0 Å². The van der Waals surface area contributed by atoms with Crippen molar-refractivity contribution in [2.24, 2.45) is 5.92 Å². The van der Waals surface area contributed by atoms with E-state index in [0.29, 0.717) is 24.4 Å². The van der Waals surface area contributed by atoms with E-state index in [2.05, 4.69) is 26.6 Å². The van der Waals surface area contributed by atoms with Crippen molar-refractivity contribution in [3.63, 3.8) is 0 Å². The molecule has 3 rings (SSSR count). The molecule has 0 bridgehead atoms. The van der Waals surface area contributed by atoms with E-state index in [9.17, 15) is 9.59 Å². The van der Waals surface area contributed by atoms with E-state index < -0.39 is 0 Å². The zero-order valence-electron chi connectivity index (χ0n) is 13.6. The van der Waals surface area contributed by atoms with Gasteiger partial charge in [-0.3, -0.25) is 9.59 Å². The summed E-state index contributed by atoms with van der Waals surface area (Å²) in [6, 6.07) is 14.4. The molecule has 0 atom stereocenters. The summed E-state index contributed by atoms with van der Waals surface area (Å²) in [6.45, 7) is 0.795. The molecule has 0 radical (unpaired) electrons.